The second-order valence-electron chi connectivity index (χ2n) is 6.55. The van der Waals surface area contributed by atoms with Gasteiger partial charge < -0.3 is 4.90 Å². The van der Waals surface area contributed by atoms with Crippen LogP contribution in [0.25, 0.3) is 0 Å². The Morgan fingerprint density at radius 1 is 1.00 bits per heavy atom. The Bertz CT molecular complexity index is 878. The van der Waals surface area contributed by atoms with Gasteiger partial charge in [0.1, 0.15) is 16.5 Å². The molecule has 0 bridgehead atoms. The molecular weight excluding hydrogens is 341 g/mol. The molecule has 25 heavy (non-hydrogen) atoms. The van der Waals surface area contributed by atoms with Crippen molar-refractivity contribution in [3.8, 4) is 0 Å². The van der Waals surface area contributed by atoms with Gasteiger partial charge >= 0.3 is 0 Å². The van der Waals surface area contributed by atoms with E-state index in [-0.39, 0.29) is 10.7 Å². The van der Waals surface area contributed by atoms with Gasteiger partial charge in [0.25, 0.3) is 0 Å². The molecule has 0 amide bonds. The van der Waals surface area contributed by atoms with Gasteiger partial charge in [-0.2, -0.15) is 4.31 Å². The monoisotopic (exact) mass is 361 g/mol. The van der Waals surface area contributed by atoms with Crippen LogP contribution >= 0.6 is 0 Å². The van der Waals surface area contributed by atoms with E-state index < -0.39 is 10.0 Å². The lowest BCUT2D eigenvalue weighted by Crippen LogP contribution is -2.31. The van der Waals surface area contributed by atoms with Crippen molar-refractivity contribution in [2.45, 2.75) is 30.7 Å². The third-order valence-electron chi connectivity index (χ3n) is 4.93. The van der Waals surface area contributed by atoms with E-state index in [0.717, 1.165) is 42.8 Å². The highest BCUT2D eigenvalue weighted by Crippen LogP contribution is 2.26. The first-order valence-corrected chi connectivity index (χ1v) is 9.96. The van der Waals surface area contributed by atoms with Crippen LogP contribution in [-0.2, 0) is 23.0 Å². The number of fused-ring (bicyclic) bond motifs is 1. The number of halogens is 1. The highest BCUT2D eigenvalue weighted by Gasteiger charge is 2.27. The molecule has 3 heterocycles. The zero-order valence-electron chi connectivity index (χ0n) is 13.9. The molecular formula is C18H20FN3O2S. The van der Waals surface area contributed by atoms with Gasteiger partial charge in [-0.15, -0.1) is 0 Å². The molecule has 0 saturated carbocycles. The molecule has 1 aromatic carbocycles. The number of benzene rings is 1. The highest BCUT2D eigenvalue weighted by molar-refractivity contribution is 7.89. The van der Waals surface area contributed by atoms with E-state index in [0.29, 0.717) is 19.6 Å². The Labute approximate surface area is 147 Å². The molecule has 1 aromatic heterocycles. The molecule has 4 rings (SSSR count). The molecule has 0 aliphatic carbocycles. The summed E-state index contributed by atoms with van der Waals surface area (Å²) in [5, 5.41) is 0. The number of hydrogen-bond acceptors (Lipinski definition) is 4. The zero-order valence-corrected chi connectivity index (χ0v) is 14.7. The largest absolute Gasteiger partial charge is 0.352 e. The van der Waals surface area contributed by atoms with Crippen molar-refractivity contribution < 1.29 is 12.8 Å². The lowest BCUT2D eigenvalue weighted by atomic mass is 10.00. The van der Waals surface area contributed by atoms with Gasteiger partial charge in [-0.25, -0.2) is 17.8 Å². The fraction of sp³-hybridized carbons (Fsp3) is 0.389. The number of rotatable bonds is 3. The van der Waals surface area contributed by atoms with Crippen LogP contribution < -0.4 is 4.90 Å². The van der Waals surface area contributed by atoms with Gasteiger partial charge in [0.2, 0.25) is 10.0 Å². The standard InChI is InChI=1S/C18H20FN3O2S/c19-16-4-3-15-13-21(10-7-14(15)11-16)18-6-5-17(12-20-18)25(23,24)22-8-1-2-9-22/h3-6,11-12H,1-2,7-10,13H2. The van der Waals surface area contributed by atoms with E-state index in [9.17, 15) is 12.8 Å². The summed E-state index contributed by atoms with van der Waals surface area (Å²) in [5.41, 5.74) is 2.12. The summed E-state index contributed by atoms with van der Waals surface area (Å²) in [5.74, 6) is 0.539. The summed E-state index contributed by atoms with van der Waals surface area (Å²) in [4.78, 5) is 6.71. The van der Waals surface area contributed by atoms with Gasteiger partial charge in [-0.3, -0.25) is 0 Å². The van der Waals surface area contributed by atoms with Crippen molar-refractivity contribution in [1.29, 1.82) is 0 Å². The minimum Gasteiger partial charge on any atom is -0.352 e. The second kappa shape index (κ2) is 6.38. The predicted molar refractivity (Wildman–Crippen MR) is 93.4 cm³/mol. The molecule has 0 atom stereocenters. The van der Waals surface area contributed by atoms with Crippen LogP contribution in [-0.4, -0.2) is 37.3 Å². The summed E-state index contributed by atoms with van der Waals surface area (Å²) in [6.45, 7) is 2.57. The number of hydrogen-bond donors (Lipinski definition) is 0. The number of pyridine rings is 1. The van der Waals surface area contributed by atoms with E-state index in [1.54, 1.807) is 18.2 Å². The number of anilines is 1. The molecule has 0 radical (unpaired) electrons. The number of sulfonamides is 1. The number of aromatic nitrogens is 1. The molecule has 5 nitrogen and oxygen atoms in total. The van der Waals surface area contributed by atoms with Crippen LogP contribution in [0.3, 0.4) is 0 Å². The molecule has 2 aliphatic heterocycles. The molecule has 0 N–H and O–H groups in total. The fourth-order valence-electron chi connectivity index (χ4n) is 3.51. The van der Waals surface area contributed by atoms with Crippen molar-refractivity contribution >= 4 is 15.8 Å². The molecule has 0 unspecified atom stereocenters. The van der Waals surface area contributed by atoms with Crippen molar-refractivity contribution in [3.05, 3.63) is 53.5 Å². The van der Waals surface area contributed by atoms with E-state index in [2.05, 4.69) is 9.88 Å². The topological polar surface area (TPSA) is 53.5 Å². The molecule has 2 aliphatic rings. The maximum Gasteiger partial charge on any atom is 0.244 e. The van der Waals surface area contributed by atoms with E-state index in [4.69, 9.17) is 0 Å². The molecule has 2 aromatic rings. The Hall–Kier alpha value is -1.99. The van der Waals surface area contributed by atoms with Crippen molar-refractivity contribution in [2.75, 3.05) is 24.5 Å². The third kappa shape index (κ3) is 3.14. The summed E-state index contributed by atoms with van der Waals surface area (Å²) in [6.07, 6.45) is 4.03. The van der Waals surface area contributed by atoms with E-state index in [1.807, 2.05) is 6.07 Å². The average Bonchev–Trinajstić information content (AvgIpc) is 3.17. The Morgan fingerprint density at radius 3 is 2.52 bits per heavy atom. The van der Waals surface area contributed by atoms with Gasteiger partial charge in [-0.1, -0.05) is 6.07 Å². The minimum atomic E-state index is -3.43. The summed E-state index contributed by atoms with van der Waals surface area (Å²) in [7, 11) is -3.43. The van der Waals surface area contributed by atoms with Crippen LogP contribution in [0.2, 0.25) is 0 Å². The fourth-order valence-corrected chi connectivity index (χ4v) is 4.97. The van der Waals surface area contributed by atoms with Gasteiger partial charge in [0.05, 0.1) is 0 Å². The summed E-state index contributed by atoms with van der Waals surface area (Å²) in [6, 6.07) is 8.27. The molecule has 1 fully saturated rings. The smallest absolute Gasteiger partial charge is 0.244 e. The zero-order chi connectivity index (χ0) is 17.4. The van der Waals surface area contributed by atoms with Gasteiger partial charge in [0.15, 0.2) is 0 Å². The van der Waals surface area contributed by atoms with Gasteiger partial charge in [-0.05, 0) is 54.7 Å². The lowest BCUT2D eigenvalue weighted by molar-refractivity contribution is 0.477. The van der Waals surface area contributed by atoms with Crippen LogP contribution in [0.5, 0.6) is 0 Å². The van der Waals surface area contributed by atoms with Crippen molar-refractivity contribution in [1.82, 2.24) is 9.29 Å². The lowest BCUT2D eigenvalue weighted by Gasteiger charge is -2.30. The molecule has 7 heteroatoms. The molecule has 1 saturated heterocycles. The molecule has 0 spiro atoms. The first-order chi connectivity index (χ1) is 12.0. The van der Waals surface area contributed by atoms with Crippen LogP contribution in [0.1, 0.15) is 24.0 Å². The number of nitrogens with zero attached hydrogens (tertiary/aromatic N) is 3. The van der Waals surface area contributed by atoms with Crippen LogP contribution in [0, 0.1) is 5.82 Å². The quantitative estimate of drug-likeness (QED) is 0.843. The first-order valence-electron chi connectivity index (χ1n) is 8.52. The maximum atomic E-state index is 13.3. The minimum absolute atomic E-state index is 0.207. The highest BCUT2D eigenvalue weighted by atomic mass is 32.2. The Balaban J connectivity index is 1.54. The van der Waals surface area contributed by atoms with E-state index in [1.165, 1.54) is 16.6 Å². The summed E-state index contributed by atoms with van der Waals surface area (Å²) >= 11 is 0. The maximum absolute atomic E-state index is 13.3. The SMILES string of the molecule is O=S(=O)(c1ccc(N2CCc3cc(F)ccc3C2)nc1)N1CCCC1. The molecule has 132 valence electrons. The Morgan fingerprint density at radius 2 is 1.80 bits per heavy atom. The Kier molecular flexibility index (Phi) is 4.21. The normalized spacial score (nSPS) is 18.4. The van der Waals surface area contributed by atoms with Gasteiger partial charge in [0, 0.05) is 32.4 Å². The average molecular weight is 361 g/mol. The van der Waals surface area contributed by atoms with Crippen molar-refractivity contribution in [2.24, 2.45) is 0 Å². The van der Waals surface area contributed by atoms with Crippen LogP contribution in [0.15, 0.2) is 41.4 Å². The second-order valence-corrected chi connectivity index (χ2v) is 8.49. The van der Waals surface area contributed by atoms with Crippen molar-refractivity contribution in [3.63, 3.8) is 0 Å². The summed E-state index contributed by atoms with van der Waals surface area (Å²) < 4.78 is 39.9. The predicted octanol–water partition coefficient (Wildman–Crippen LogP) is 2.57. The first kappa shape index (κ1) is 16.5. The third-order valence-corrected chi connectivity index (χ3v) is 6.81. The van der Waals surface area contributed by atoms with Crippen LogP contribution in [0.4, 0.5) is 10.2 Å². The van der Waals surface area contributed by atoms with E-state index >= 15 is 0 Å².